The molecule has 1 rings (SSSR count). The van der Waals surface area contributed by atoms with Crippen molar-refractivity contribution < 1.29 is 19.5 Å². The van der Waals surface area contributed by atoms with Crippen LogP contribution in [0.5, 0.6) is 0 Å². The Morgan fingerprint density at radius 2 is 0.818 bits per heavy atom. The van der Waals surface area contributed by atoms with E-state index in [1.54, 1.807) is 12.2 Å². The van der Waals surface area contributed by atoms with Gasteiger partial charge >= 0.3 is 0 Å². The van der Waals surface area contributed by atoms with Crippen LogP contribution in [-0.2, 0) is 19.5 Å². The van der Waals surface area contributed by atoms with Gasteiger partial charge in [-0.05, 0) is 0 Å². The summed E-state index contributed by atoms with van der Waals surface area (Å²) in [6.45, 7) is 6.72. The van der Waals surface area contributed by atoms with Gasteiger partial charge in [0.25, 0.3) is 0 Å². The first-order valence-electron chi connectivity index (χ1n) is 3.15. The molecule has 0 saturated heterocycles. The molecular formula is C10H12Ru. The van der Waals surface area contributed by atoms with Gasteiger partial charge in [-0.3, -0.25) is 0 Å². The molecule has 1 heteroatoms. The minimum Gasteiger partial charge on any atom is -0.0991 e. The third kappa shape index (κ3) is 12.5. The normalized spacial score (nSPS) is 6.18. The summed E-state index contributed by atoms with van der Waals surface area (Å²) in [5, 5.41) is 0. The zero-order valence-corrected chi connectivity index (χ0v) is 8.12. The van der Waals surface area contributed by atoms with E-state index in [2.05, 4.69) is 13.2 Å². The fourth-order valence-electron chi connectivity index (χ4n) is 0.385. The van der Waals surface area contributed by atoms with E-state index >= 15 is 0 Å². The quantitative estimate of drug-likeness (QED) is 0.516. The van der Waals surface area contributed by atoms with E-state index in [0.717, 1.165) is 0 Å². The Hall–Kier alpha value is -0.677. The zero-order chi connectivity index (χ0) is 7.66. The largest absolute Gasteiger partial charge is 0.0991 e. The second-order valence-corrected chi connectivity index (χ2v) is 1.63. The monoisotopic (exact) mass is 234 g/mol. The fraction of sp³-hybridized carbons (Fsp3) is 0. The first-order valence-corrected chi connectivity index (χ1v) is 3.15. The van der Waals surface area contributed by atoms with E-state index in [-0.39, 0.29) is 19.5 Å². The predicted octanol–water partition coefficient (Wildman–Crippen LogP) is 3.04. The summed E-state index contributed by atoms with van der Waals surface area (Å²) in [5.74, 6) is 0. The number of hydrogen-bond donors (Lipinski definition) is 0. The number of rotatable bonds is 1. The van der Waals surface area contributed by atoms with Crippen molar-refractivity contribution in [3.05, 3.63) is 61.7 Å². The summed E-state index contributed by atoms with van der Waals surface area (Å²) in [4.78, 5) is 0. The summed E-state index contributed by atoms with van der Waals surface area (Å²) in [5.41, 5.74) is 0. The van der Waals surface area contributed by atoms with E-state index in [1.165, 1.54) is 0 Å². The Kier molecular flexibility index (Phi) is 14.2. The van der Waals surface area contributed by atoms with E-state index in [1.807, 2.05) is 36.4 Å². The third-order valence-corrected chi connectivity index (χ3v) is 0.833. The summed E-state index contributed by atoms with van der Waals surface area (Å²) in [6.07, 6.45) is 3.28. The van der Waals surface area contributed by atoms with Crippen molar-refractivity contribution in [3.63, 3.8) is 0 Å². The Morgan fingerprint density at radius 3 is 0.909 bits per heavy atom. The molecule has 1 aromatic carbocycles. The molecular weight excluding hydrogens is 221 g/mol. The first kappa shape index (κ1) is 13.0. The zero-order valence-electron chi connectivity index (χ0n) is 6.39. The molecule has 0 aromatic heterocycles. The Morgan fingerprint density at radius 1 is 0.636 bits per heavy atom. The molecule has 0 saturated carbocycles. The van der Waals surface area contributed by atoms with E-state index in [4.69, 9.17) is 0 Å². The van der Waals surface area contributed by atoms with Crippen molar-refractivity contribution >= 4 is 0 Å². The maximum atomic E-state index is 3.36. The molecule has 0 spiro atoms. The van der Waals surface area contributed by atoms with Crippen molar-refractivity contribution in [1.29, 1.82) is 0 Å². The number of benzene rings is 1. The van der Waals surface area contributed by atoms with Crippen molar-refractivity contribution in [2.75, 3.05) is 0 Å². The van der Waals surface area contributed by atoms with Gasteiger partial charge in [0, 0.05) is 19.5 Å². The van der Waals surface area contributed by atoms with Crippen LogP contribution < -0.4 is 0 Å². The summed E-state index contributed by atoms with van der Waals surface area (Å²) >= 11 is 0. The molecule has 0 nitrogen and oxygen atoms in total. The second-order valence-electron chi connectivity index (χ2n) is 1.63. The molecule has 0 fully saturated rings. The molecule has 0 atom stereocenters. The first-order chi connectivity index (χ1) is 4.91. The van der Waals surface area contributed by atoms with Crippen LogP contribution in [0.15, 0.2) is 61.7 Å². The molecule has 0 amide bonds. The average molecular weight is 233 g/mol. The van der Waals surface area contributed by atoms with Gasteiger partial charge in [-0.1, -0.05) is 61.7 Å². The molecule has 0 unspecified atom stereocenters. The number of allylic oxidation sites excluding steroid dienone is 2. The van der Waals surface area contributed by atoms with Crippen LogP contribution in [0.1, 0.15) is 0 Å². The molecule has 0 N–H and O–H groups in total. The van der Waals surface area contributed by atoms with Crippen LogP contribution in [-0.4, -0.2) is 0 Å². The minimum absolute atomic E-state index is 0. The van der Waals surface area contributed by atoms with Crippen molar-refractivity contribution in [1.82, 2.24) is 0 Å². The van der Waals surface area contributed by atoms with Crippen LogP contribution in [0.3, 0.4) is 0 Å². The minimum atomic E-state index is 0. The maximum Gasteiger partial charge on any atom is 0 e. The summed E-state index contributed by atoms with van der Waals surface area (Å²) < 4.78 is 0. The molecule has 60 valence electrons. The van der Waals surface area contributed by atoms with E-state index in [9.17, 15) is 0 Å². The van der Waals surface area contributed by atoms with Crippen LogP contribution >= 0.6 is 0 Å². The molecule has 0 aliphatic carbocycles. The molecule has 1 aromatic rings. The van der Waals surface area contributed by atoms with Gasteiger partial charge < -0.3 is 0 Å². The third-order valence-electron chi connectivity index (χ3n) is 0.833. The van der Waals surface area contributed by atoms with Crippen LogP contribution in [0.2, 0.25) is 0 Å². The van der Waals surface area contributed by atoms with Gasteiger partial charge in [0.05, 0.1) is 0 Å². The Bertz CT molecular complexity index is 135. The number of hydrogen-bond acceptors (Lipinski definition) is 0. The Balaban J connectivity index is 0. The van der Waals surface area contributed by atoms with E-state index in [0.29, 0.717) is 0 Å². The van der Waals surface area contributed by atoms with Gasteiger partial charge in [-0.15, -0.1) is 0 Å². The van der Waals surface area contributed by atoms with Crippen LogP contribution in [0.4, 0.5) is 0 Å². The SMILES string of the molecule is C=CC=C.[Ru].c1ccccc1. The fourth-order valence-corrected chi connectivity index (χ4v) is 0.385. The van der Waals surface area contributed by atoms with Crippen molar-refractivity contribution in [3.8, 4) is 0 Å². The average Bonchev–Trinajstić information content (AvgIpc) is 2.08. The maximum absolute atomic E-state index is 3.36. The van der Waals surface area contributed by atoms with Crippen LogP contribution in [0.25, 0.3) is 0 Å². The summed E-state index contributed by atoms with van der Waals surface area (Å²) in [6, 6.07) is 12.0. The van der Waals surface area contributed by atoms with Crippen molar-refractivity contribution in [2.45, 2.75) is 0 Å². The van der Waals surface area contributed by atoms with E-state index < -0.39 is 0 Å². The molecule has 11 heavy (non-hydrogen) atoms. The van der Waals surface area contributed by atoms with Gasteiger partial charge in [-0.25, -0.2) is 0 Å². The predicted molar refractivity (Wildman–Crippen MR) is 46.8 cm³/mol. The van der Waals surface area contributed by atoms with Gasteiger partial charge in [0.1, 0.15) is 0 Å². The van der Waals surface area contributed by atoms with Crippen molar-refractivity contribution in [2.24, 2.45) is 0 Å². The van der Waals surface area contributed by atoms with Gasteiger partial charge in [-0.2, -0.15) is 0 Å². The smallest absolute Gasteiger partial charge is 0 e. The van der Waals surface area contributed by atoms with Crippen LogP contribution in [0, 0.1) is 0 Å². The molecule has 0 aliphatic rings. The van der Waals surface area contributed by atoms with Gasteiger partial charge in [0.2, 0.25) is 0 Å². The second kappa shape index (κ2) is 12.0. The topological polar surface area (TPSA) is 0 Å². The summed E-state index contributed by atoms with van der Waals surface area (Å²) in [7, 11) is 0. The molecule has 0 heterocycles. The molecule has 0 bridgehead atoms. The molecule has 0 radical (unpaired) electrons. The molecule has 0 aliphatic heterocycles. The standard InChI is InChI=1S/C6H6.C4H6.Ru/c1-2-4-6-5-3-1;1-3-4-2;/h1-6H;3-4H,1-2H2;. The Labute approximate surface area is 81.4 Å². The van der Waals surface area contributed by atoms with Gasteiger partial charge in [0.15, 0.2) is 0 Å².